The molecule has 5 heteroatoms. The summed E-state index contributed by atoms with van der Waals surface area (Å²) in [6.45, 7) is 2.15. The first-order chi connectivity index (χ1) is 9.56. The lowest BCUT2D eigenvalue weighted by atomic mass is 10.2. The van der Waals surface area contributed by atoms with Gasteiger partial charge in [-0.1, -0.05) is 29.8 Å². The van der Waals surface area contributed by atoms with Gasteiger partial charge in [0.1, 0.15) is 0 Å². The van der Waals surface area contributed by atoms with Gasteiger partial charge in [-0.05, 0) is 52.7 Å². The first kappa shape index (κ1) is 14.9. The zero-order chi connectivity index (χ0) is 14.5. The minimum absolute atomic E-state index is 0.115. The summed E-state index contributed by atoms with van der Waals surface area (Å²) < 4.78 is 0.854. The van der Waals surface area contributed by atoms with Crippen LogP contribution in [-0.2, 0) is 4.79 Å². The van der Waals surface area contributed by atoms with Gasteiger partial charge in [-0.2, -0.15) is 0 Å². The molecular weight excluding hydrogens is 340 g/mol. The fourth-order valence-electron chi connectivity index (χ4n) is 1.72. The molecule has 0 bridgehead atoms. The van der Waals surface area contributed by atoms with E-state index >= 15 is 0 Å². The molecule has 0 saturated heterocycles. The Labute approximate surface area is 131 Å². The van der Waals surface area contributed by atoms with Crippen LogP contribution in [0.3, 0.4) is 0 Å². The molecule has 2 N–H and O–H groups in total. The lowest BCUT2D eigenvalue weighted by Gasteiger charge is -2.11. The molecule has 0 spiro atoms. The van der Waals surface area contributed by atoms with Gasteiger partial charge in [0, 0.05) is 15.2 Å². The molecule has 0 unspecified atom stereocenters. The van der Waals surface area contributed by atoms with Gasteiger partial charge in [-0.3, -0.25) is 4.79 Å². The van der Waals surface area contributed by atoms with Crippen LogP contribution in [0.25, 0.3) is 0 Å². The number of anilines is 2. The third-order valence-electron chi connectivity index (χ3n) is 2.79. The van der Waals surface area contributed by atoms with Crippen LogP contribution in [0.15, 0.2) is 46.9 Å². The average Bonchev–Trinajstić information content (AvgIpc) is 2.42. The van der Waals surface area contributed by atoms with Crippen LogP contribution >= 0.6 is 27.5 Å². The number of para-hydroxylation sites is 1. The Bertz CT molecular complexity index is 631. The number of hydrogen-bond acceptors (Lipinski definition) is 2. The van der Waals surface area contributed by atoms with E-state index in [9.17, 15) is 4.79 Å². The van der Waals surface area contributed by atoms with E-state index in [1.165, 1.54) is 0 Å². The number of rotatable bonds is 4. The molecule has 2 rings (SSSR count). The van der Waals surface area contributed by atoms with E-state index in [1.54, 1.807) is 0 Å². The van der Waals surface area contributed by atoms with E-state index in [-0.39, 0.29) is 12.5 Å². The van der Waals surface area contributed by atoms with Gasteiger partial charge < -0.3 is 10.6 Å². The van der Waals surface area contributed by atoms with Crippen molar-refractivity contribution in [2.75, 3.05) is 17.2 Å². The Kier molecular flexibility index (Phi) is 5.04. The van der Waals surface area contributed by atoms with Gasteiger partial charge in [0.15, 0.2) is 0 Å². The summed E-state index contributed by atoms with van der Waals surface area (Å²) in [5.74, 6) is -0.115. The van der Waals surface area contributed by atoms with Crippen LogP contribution in [0.2, 0.25) is 5.02 Å². The summed E-state index contributed by atoms with van der Waals surface area (Å²) in [6, 6.07) is 13.0. The van der Waals surface area contributed by atoms with Crippen molar-refractivity contribution in [2.24, 2.45) is 0 Å². The summed E-state index contributed by atoms with van der Waals surface area (Å²) in [6.07, 6.45) is 0. The molecule has 0 aliphatic heterocycles. The van der Waals surface area contributed by atoms with Gasteiger partial charge >= 0.3 is 0 Å². The van der Waals surface area contributed by atoms with Crippen LogP contribution in [0.1, 0.15) is 5.56 Å². The number of amides is 1. The molecule has 0 atom stereocenters. The maximum absolute atomic E-state index is 11.9. The highest BCUT2D eigenvalue weighted by Gasteiger charge is 2.06. The predicted octanol–water partition coefficient (Wildman–Crippen LogP) is 4.46. The van der Waals surface area contributed by atoms with Gasteiger partial charge in [0.05, 0.1) is 12.2 Å². The summed E-state index contributed by atoms with van der Waals surface area (Å²) in [5, 5.41) is 6.56. The summed E-state index contributed by atoms with van der Waals surface area (Å²) in [5.41, 5.74) is 2.66. The quantitative estimate of drug-likeness (QED) is 0.852. The number of hydrogen-bond donors (Lipinski definition) is 2. The normalized spacial score (nSPS) is 10.2. The monoisotopic (exact) mass is 352 g/mol. The molecule has 0 aromatic heterocycles. The highest BCUT2D eigenvalue weighted by atomic mass is 79.9. The lowest BCUT2D eigenvalue weighted by molar-refractivity contribution is -0.114. The minimum Gasteiger partial charge on any atom is -0.376 e. The molecule has 0 aliphatic rings. The van der Waals surface area contributed by atoms with Crippen molar-refractivity contribution >= 4 is 44.8 Å². The molecule has 20 heavy (non-hydrogen) atoms. The molecule has 2 aromatic carbocycles. The van der Waals surface area contributed by atoms with Crippen LogP contribution in [0.4, 0.5) is 11.4 Å². The van der Waals surface area contributed by atoms with E-state index in [1.807, 2.05) is 49.4 Å². The zero-order valence-corrected chi connectivity index (χ0v) is 13.3. The van der Waals surface area contributed by atoms with Crippen molar-refractivity contribution in [1.29, 1.82) is 0 Å². The summed E-state index contributed by atoms with van der Waals surface area (Å²) in [7, 11) is 0. The Morgan fingerprint density at radius 2 is 1.95 bits per heavy atom. The van der Waals surface area contributed by atoms with Gasteiger partial charge in [-0.25, -0.2) is 0 Å². The Hall–Kier alpha value is -1.52. The molecule has 0 heterocycles. The standard InChI is InChI=1S/C15H14BrClN2O/c1-10-6-7-11(17)8-14(10)18-9-15(20)19-13-5-3-2-4-12(13)16/h2-8,18H,9H2,1H3,(H,19,20). The molecule has 0 radical (unpaired) electrons. The first-order valence-electron chi connectivity index (χ1n) is 6.10. The number of aryl methyl sites for hydroxylation is 1. The Morgan fingerprint density at radius 3 is 2.70 bits per heavy atom. The number of carbonyl (C=O) groups excluding carboxylic acids is 1. The van der Waals surface area contributed by atoms with E-state index in [4.69, 9.17) is 11.6 Å². The average molecular weight is 354 g/mol. The van der Waals surface area contributed by atoms with E-state index < -0.39 is 0 Å². The first-order valence-corrected chi connectivity index (χ1v) is 7.28. The second-order valence-corrected chi connectivity index (χ2v) is 5.63. The van der Waals surface area contributed by atoms with Gasteiger partial charge in [0.2, 0.25) is 5.91 Å². The number of carbonyl (C=O) groups is 1. The minimum atomic E-state index is -0.115. The molecule has 0 aliphatic carbocycles. The fourth-order valence-corrected chi connectivity index (χ4v) is 2.27. The van der Waals surface area contributed by atoms with Crippen LogP contribution in [0.5, 0.6) is 0 Å². The van der Waals surface area contributed by atoms with Crippen LogP contribution in [0, 0.1) is 6.92 Å². The maximum Gasteiger partial charge on any atom is 0.243 e. The topological polar surface area (TPSA) is 41.1 Å². The zero-order valence-electron chi connectivity index (χ0n) is 10.9. The van der Waals surface area contributed by atoms with E-state index in [0.29, 0.717) is 5.02 Å². The highest BCUT2D eigenvalue weighted by molar-refractivity contribution is 9.10. The summed E-state index contributed by atoms with van der Waals surface area (Å²) >= 11 is 9.33. The maximum atomic E-state index is 11.9. The predicted molar refractivity (Wildman–Crippen MR) is 87.5 cm³/mol. The molecule has 0 fully saturated rings. The Morgan fingerprint density at radius 1 is 1.20 bits per heavy atom. The van der Waals surface area contributed by atoms with Crippen LogP contribution in [-0.4, -0.2) is 12.5 Å². The van der Waals surface area contributed by atoms with Crippen molar-refractivity contribution in [1.82, 2.24) is 0 Å². The number of nitrogens with one attached hydrogen (secondary N) is 2. The van der Waals surface area contributed by atoms with Crippen molar-refractivity contribution < 1.29 is 4.79 Å². The summed E-state index contributed by atoms with van der Waals surface area (Å²) in [4.78, 5) is 11.9. The second-order valence-electron chi connectivity index (χ2n) is 4.34. The fraction of sp³-hybridized carbons (Fsp3) is 0.133. The van der Waals surface area contributed by atoms with Gasteiger partial charge in [0.25, 0.3) is 0 Å². The SMILES string of the molecule is Cc1ccc(Cl)cc1NCC(=O)Nc1ccccc1Br. The Balaban J connectivity index is 1.96. The van der Waals surface area contributed by atoms with Crippen molar-refractivity contribution in [2.45, 2.75) is 6.92 Å². The molecule has 2 aromatic rings. The van der Waals surface area contributed by atoms with Crippen LogP contribution < -0.4 is 10.6 Å². The van der Waals surface area contributed by atoms with Crippen molar-refractivity contribution in [3.8, 4) is 0 Å². The number of benzene rings is 2. The third-order valence-corrected chi connectivity index (χ3v) is 3.71. The number of halogens is 2. The van der Waals surface area contributed by atoms with Gasteiger partial charge in [-0.15, -0.1) is 0 Å². The molecular formula is C15H14BrClN2O. The largest absolute Gasteiger partial charge is 0.376 e. The molecule has 104 valence electrons. The highest BCUT2D eigenvalue weighted by Crippen LogP contribution is 2.22. The van der Waals surface area contributed by atoms with Crippen molar-refractivity contribution in [3.05, 3.63) is 57.5 Å². The second kappa shape index (κ2) is 6.77. The third kappa shape index (κ3) is 3.99. The van der Waals surface area contributed by atoms with E-state index in [2.05, 4.69) is 26.6 Å². The smallest absolute Gasteiger partial charge is 0.243 e. The lowest BCUT2D eigenvalue weighted by Crippen LogP contribution is -2.22. The van der Waals surface area contributed by atoms with Crippen molar-refractivity contribution in [3.63, 3.8) is 0 Å². The van der Waals surface area contributed by atoms with E-state index in [0.717, 1.165) is 21.4 Å². The molecule has 0 saturated carbocycles. The molecule has 3 nitrogen and oxygen atoms in total. The molecule has 1 amide bonds.